The molecule has 1 saturated heterocycles. The summed E-state index contributed by atoms with van der Waals surface area (Å²) in [6.45, 7) is 2.05. The van der Waals surface area contributed by atoms with Crippen molar-refractivity contribution in [1.29, 1.82) is 0 Å². The summed E-state index contributed by atoms with van der Waals surface area (Å²) in [4.78, 5) is 28.9. The van der Waals surface area contributed by atoms with E-state index in [1.54, 1.807) is 15.9 Å². The van der Waals surface area contributed by atoms with Crippen molar-refractivity contribution in [2.45, 2.75) is 18.4 Å². The van der Waals surface area contributed by atoms with Crippen LogP contribution in [0.15, 0.2) is 47.3 Å². The maximum atomic E-state index is 13.0. The smallest absolute Gasteiger partial charge is 0.257 e. The van der Waals surface area contributed by atoms with Crippen molar-refractivity contribution in [3.05, 3.63) is 59.5 Å². The predicted octanol–water partition coefficient (Wildman–Crippen LogP) is 1.06. The minimum Gasteiger partial charge on any atom is -0.472 e. The second kappa shape index (κ2) is 6.04. The summed E-state index contributed by atoms with van der Waals surface area (Å²) in [5, 5.41) is 0. The van der Waals surface area contributed by atoms with Crippen LogP contribution in [0.2, 0.25) is 0 Å². The molecular formula is C19H21N3O3. The zero-order valence-corrected chi connectivity index (χ0v) is 14.0. The number of piperazine rings is 1. The predicted molar refractivity (Wildman–Crippen MR) is 92.0 cm³/mol. The summed E-state index contributed by atoms with van der Waals surface area (Å²) >= 11 is 0. The van der Waals surface area contributed by atoms with Crippen LogP contribution in [-0.4, -0.2) is 53.3 Å². The number of furan rings is 1. The quantitative estimate of drug-likeness (QED) is 0.887. The van der Waals surface area contributed by atoms with Crippen LogP contribution in [0.5, 0.6) is 0 Å². The van der Waals surface area contributed by atoms with Crippen molar-refractivity contribution < 1.29 is 14.0 Å². The molecule has 2 aliphatic rings. The zero-order valence-electron chi connectivity index (χ0n) is 14.0. The summed E-state index contributed by atoms with van der Waals surface area (Å²) in [5.41, 5.74) is 8.47. The molecule has 0 atom stereocenters. The summed E-state index contributed by atoms with van der Waals surface area (Å²) < 4.78 is 4.97. The molecule has 2 N–H and O–H groups in total. The van der Waals surface area contributed by atoms with E-state index in [0.717, 1.165) is 11.1 Å². The fourth-order valence-corrected chi connectivity index (χ4v) is 3.79. The van der Waals surface area contributed by atoms with Gasteiger partial charge in [-0.2, -0.15) is 0 Å². The van der Waals surface area contributed by atoms with E-state index in [-0.39, 0.29) is 11.8 Å². The van der Waals surface area contributed by atoms with Crippen molar-refractivity contribution >= 4 is 11.8 Å². The van der Waals surface area contributed by atoms with Gasteiger partial charge in [-0.3, -0.25) is 9.59 Å². The van der Waals surface area contributed by atoms with Gasteiger partial charge in [0.1, 0.15) is 11.8 Å². The minimum atomic E-state index is -0.861. The number of benzene rings is 1. The SMILES string of the molecule is NC1(C(=O)N2CCN(C(=O)c3ccoc3)CC2)Cc2ccccc2C1. The number of carbonyl (C=O) groups is 2. The Morgan fingerprint density at radius 2 is 1.56 bits per heavy atom. The lowest BCUT2D eigenvalue weighted by molar-refractivity contribution is -0.138. The van der Waals surface area contributed by atoms with Gasteiger partial charge in [0.25, 0.3) is 5.91 Å². The Hall–Kier alpha value is -2.60. The second-order valence-corrected chi connectivity index (χ2v) is 6.87. The van der Waals surface area contributed by atoms with Gasteiger partial charge in [-0.05, 0) is 30.0 Å². The first-order chi connectivity index (χ1) is 12.1. The third-order valence-electron chi connectivity index (χ3n) is 5.18. The number of nitrogens with two attached hydrogens (primary N) is 1. The molecule has 1 aromatic heterocycles. The molecule has 130 valence electrons. The van der Waals surface area contributed by atoms with Crippen LogP contribution in [0.1, 0.15) is 21.5 Å². The topological polar surface area (TPSA) is 79.8 Å². The van der Waals surface area contributed by atoms with E-state index in [1.807, 2.05) is 24.3 Å². The molecule has 0 unspecified atom stereocenters. The van der Waals surface area contributed by atoms with Gasteiger partial charge in [-0.25, -0.2) is 0 Å². The maximum Gasteiger partial charge on any atom is 0.257 e. The number of carbonyl (C=O) groups excluding carboxylic acids is 2. The molecule has 1 fully saturated rings. The average molecular weight is 339 g/mol. The summed E-state index contributed by atoms with van der Waals surface area (Å²) in [7, 11) is 0. The minimum absolute atomic E-state index is 0.0147. The first-order valence-electron chi connectivity index (χ1n) is 8.53. The van der Waals surface area contributed by atoms with Gasteiger partial charge in [0.05, 0.1) is 11.8 Å². The van der Waals surface area contributed by atoms with Crippen LogP contribution in [0, 0.1) is 0 Å². The molecule has 4 rings (SSSR count). The van der Waals surface area contributed by atoms with E-state index in [0.29, 0.717) is 44.6 Å². The largest absolute Gasteiger partial charge is 0.472 e. The molecule has 6 nitrogen and oxygen atoms in total. The molecule has 1 aliphatic heterocycles. The standard InChI is InChI=1S/C19H21N3O3/c20-19(11-14-3-1-2-4-15(14)12-19)18(24)22-8-6-21(7-9-22)17(23)16-5-10-25-13-16/h1-5,10,13H,6-9,11-12,20H2. The van der Waals surface area contributed by atoms with E-state index < -0.39 is 5.54 Å². The molecule has 6 heteroatoms. The molecule has 2 aromatic rings. The van der Waals surface area contributed by atoms with Gasteiger partial charge >= 0.3 is 0 Å². The first kappa shape index (κ1) is 15.9. The average Bonchev–Trinajstić information content (AvgIpc) is 3.28. The monoisotopic (exact) mass is 339 g/mol. The Morgan fingerprint density at radius 1 is 0.960 bits per heavy atom. The second-order valence-electron chi connectivity index (χ2n) is 6.87. The van der Waals surface area contributed by atoms with Gasteiger partial charge in [-0.15, -0.1) is 0 Å². The van der Waals surface area contributed by atoms with Gasteiger partial charge < -0.3 is 20.0 Å². The highest BCUT2D eigenvalue weighted by molar-refractivity contribution is 5.94. The molecule has 1 aromatic carbocycles. The van der Waals surface area contributed by atoms with Crippen LogP contribution < -0.4 is 5.73 Å². The Labute approximate surface area is 146 Å². The van der Waals surface area contributed by atoms with Gasteiger partial charge in [0.15, 0.2) is 0 Å². The van der Waals surface area contributed by atoms with E-state index in [4.69, 9.17) is 10.2 Å². The lowest BCUT2D eigenvalue weighted by atomic mass is 9.94. The number of rotatable bonds is 2. The summed E-state index contributed by atoms with van der Waals surface area (Å²) in [5.74, 6) is -0.0734. The van der Waals surface area contributed by atoms with Crippen LogP contribution >= 0.6 is 0 Å². The Balaban J connectivity index is 1.40. The molecule has 2 heterocycles. The van der Waals surface area contributed by atoms with Crippen molar-refractivity contribution in [3.8, 4) is 0 Å². The van der Waals surface area contributed by atoms with Crippen LogP contribution in [0.25, 0.3) is 0 Å². The van der Waals surface area contributed by atoms with Crippen LogP contribution in [0.3, 0.4) is 0 Å². The molecule has 1 aliphatic carbocycles. The number of amides is 2. The molecular weight excluding hydrogens is 318 g/mol. The zero-order chi connectivity index (χ0) is 17.4. The number of hydrogen-bond acceptors (Lipinski definition) is 4. The highest BCUT2D eigenvalue weighted by Crippen LogP contribution is 2.30. The van der Waals surface area contributed by atoms with Crippen molar-refractivity contribution in [1.82, 2.24) is 9.80 Å². The maximum absolute atomic E-state index is 13.0. The highest BCUT2D eigenvalue weighted by Gasteiger charge is 2.43. The van der Waals surface area contributed by atoms with Crippen LogP contribution in [-0.2, 0) is 17.6 Å². The van der Waals surface area contributed by atoms with Gasteiger partial charge in [-0.1, -0.05) is 24.3 Å². The number of fused-ring (bicyclic) bond motifs is 1. The van der Waals surface area contributed by atoms with E-state index >= 15 is 0 Å². The lowest BCUT2D eigenvalue weighted by Gasteiger charge is -2.38. The van der Waals surface area contributed by atoms with E-state index in [9.17, 15) is 9.59 Å². The third kappa shape index (κ3) is 2.82. The normalized spacial score (nSPS) is 18.9. The third-order valence-corrected chi connectivity index (χ3v) is 5.18. The fraction of sp³-hybridized carbons (Fsp3) is 0.368. The molecule has 0 bridgehead atoms. The molecule has 0 spiro atoms. The summed E-state index contributed by atoms with van der Waals surface area (Å²) in [6, 6.07) is 9.70. The van der Waals surface area contributed by atoms with E-state index in [1.165, 1.54) is 12.5 Å². The Morgan fingerprint density at radius 3 is 2.12 bits per heavy atom. The van der Waals surface area contributed by atoms with Crippen molar-refractivity contribution in [2.24, 2.45) is 5.73 Å². The van der Waals surface area contributed by atoms with E-state index in [2.05, 4.69) is 0 Å². The lowest BCUT2D eigenvalue weighted by Crippen LogP contribution is -2.60. The molecule has 25 heavy (non-hydrogen) atoms. The van der Waals surface area contributed by atoms with Crippen molar-refractivity contribution in [2.75, 3.05) is 26.2 Å². The summed E-state index contributed by atoms with van der Waals surface area (Å²) in [6.07, 6.45) is 4.10. The molecule has 0 saturated carbocycles. The molecule has 0 radical (unpaired) electrons. The van der Waals surface area contributed by atoms with Gasteiger partial charge in [0.2, 0.25) is 5.91 Å². The highest BCUT2D eigenvalue weighted by atomic mass is 16.3. The Bertz CT molecular complexity index is 767. The molecule has 2 amide bonds. The Kier molecular flexibility index (Phi) is 3.84. The van der Waals surface area contributed by atoms with Crippen LogP contribution in [0.4, 0.5) is 0 Å². The fourth-order valence-electron chi connectivity index (χ4n) is 3.79. The number of nitrogens with zero attached hydrogens (tertiary/aromatic N) is 2. The van der Waals surface area contributed by atoms with Gasteiger partial charge in [0, 0.05) is 26.2 Å². The van der Waals surface area contributed by atoms with Crippen molar-refractivity contribution in [3.63, 3.8) is 0 Å². The number of hydrogen-bond donors (Lipinski definition) is 1. The first-order valence-corrected chi connectivity index (χ1v) is 8.53.